The smallest absolute Gasteiger partial charge is 0.222 e. The van der Waals surface area contributed by atoms with E-state index in [0.717, 1.165) is 31.4 Å². The van der Waals surface area contributed by atoms with Gasteiger partial charge in [0.1, 0.15) is 5.82 Å². The zero-order valence-electron chi connectivity index (χ0n) is 20.1. The normalized spacial score (nSPS) is 14.2. The van der Waals surface area contributed by atoms with Crippen LogP contribution in [0.15, 0.2) is 29.3 Å². The van der Waals surface area contributed by atoms with Gasteiger partial charge in [0.2, 0.25) is 11.8 Å². The molecule has 7 nitrogen and oxygen atoms in total. The van der Waals surface area contributed by atoms with Crippen molar-refractivity contribution in [1.29, 1.82) is 0 Å². The summed E-state index contributed by atoms with van der Waals surface area (Å²) in [7, 11) is 1.70. The number of hydrogen-bond donors (Lipinski definition) is 2. The maximum atomic E-state index is 13.2. The Morgan fingerprint density at radius 2 is 1.70 bits per heavy atom. The number of nitrogens with zero attached hydrogens (tertiary/aromatic N) is 3. The number of piperazine rings is 1. The first kappa shape index (κ1) is 29.1. The van der Waals surface area contributed by atoms with E-state index in [1.807, 2.05) is 29.7 Å². The third-order valence-electron chi connectivity index (χ3n) is 5.50. The molecule has 0 radical (unpaired) electrons. The van der Waals surface area contributed by atoms with Crippen molar-refractivity contribution in [3.05, 3.63) is 35.6 Å². The fraction of sp³-hybridized carbons (Fsp3) is 0.625. The average molecular weight is 576 g/mol. The van der Waals surface area contributed by atoms with Crippen LogP contribution < -0.4 is 10.6 Å². The first-order valence-electron chi connectivity index (χ1n) is 11.6. The highest BCUT2D eigenvalue weighted by atomic mass is 127. The zero-order valence-corrected chi connectivity index (χ0v) is 22.4. The molecule has 1 aromatic carbocycles. The second kappa shape index (κ2) is 15.8. The predicted octanol–water partition coefficient (Wildman–Crippen LogP) is 3.39. The molecule has 0 bridgehead atoms. The highest BCUT2D eigenvalue weighted by Gasteiger charge is 2.23. The fourth-order valence-corrected chi connectivity index (χ4v) is 3.68. The van der Waals surface area contributed by atoms with E-state index in [-0.39, 0.29) is 41.6 Å². The third kappa shape index (κ3) is 11.2. The van der Waals surface area contributed by atoms with Crippen LogP contribution in [-0.4, -0.2) is 67.3 Å². The number of nitrogens with one attached hydrogen (secondary N) is 2. The minimum atomic E-state index is -0.247. The minimum absolute atomic E-state index is 0. The maximum Gasteiger partial charge on any atom is 0.222 e. The van der Waals surface area contributed by atoms with E-state index in [2.05, 4.69) is 15.6 Å². The molecule has 0 unspecified atom stereocenters. The molecule has 2 N–H and O–H groups in total. The monoisotopic (exact) mass is 575 g/mol. The van der Waals surface area contributed by atoms with Gasteiger partial charge >= 0.3 is 0 Å². The molecular weight excluding hydrogens is 536 g/mol. The Morgan fingerprint density at radius 3 is 2.30 bits per heavy atom. The number of unbranched alkanes of at least 4 members (excludes halogenated alkanes) is 2. The van der Waals surface area contributed by atoms with Crippen molar-refractivity contribution in [1.82, 2.24) is 20.4 Å². The zero-order chi connectivity index (χ0) is 23.3. The highest BCUT2D eigenvalue weighted by Crippen LogP contribution is 2.10. The molecule has 1 aliphatic heterocycles. The summed E-state index contributed by atoms with van der Waals surface area (Å²) in [6.45, 7) is 7.91. The molecule has 0 aromatic heterocycles. The standard InChI is InChI=1S/C24H38FN5O2.HI/c1-19(2)16-23(32)30-14-12-29(13-15-30)22(31)10-5-4-6-11-27-24(26-3)28-18-20-8-7-9-21(25)17-20;/h7-9,17,19H,4-6,10-16,18H2,1-3H3,(H2,26,27,28);1H. The van der Waals surface area contributed by atoms with Crippen LogP contribution in [0, 0.1) is 11.7 Å². The topological polar surface area (TPSA) is 77.0 Å². The van der Waals surface area contributed by atoms with Gasteiger partial charge in [0.25, 0.3) is 0 Å². The molecule has 1 aromatic rings. The molecule has 0 atom stereocenters. The Bertz CT molecular complexity index is 767. The Hall–Kier alpha value is -1.91. The SMILES string of the molecule is CN=C(NCCCCCC(=O)N1CCN(C(=O)CC(C)C)CC1)NCc1cccc(F)c1.I. The summed E-state index contributed by atoms with van der Waals surface area (Å²) in [5.74, 6) is 1.17. The van der Waals surface area contributed by atoms with E-state index in [4.69, 9.17) is 0 Å². The van der Waals surface area contributed by atoms with Crippen LogP contribution in [0.5, 0.6) is 0 Å². The molecule has 0 saturated carbocycles. The van der Waals surface area contributed by atoms with Crippen LogP contribution in [-0.2, 0) is 16.1 Å². The molecule has 2 amide bonds. The van der Waals surface area contributed by atoms with E-state index in [1.54, 1.807) is 13.1 Å². The van der Waals surface area contributed by atoms with Gasteiger partial charge in [-0.25, -0.2) is 4.39 Å². The molecular formula is C24H39FIN5O2. The average Bonchev–Trinajstić information content (AvgIpc) is 2.77. The quantitative estimate of drug-likeness (QED) is 0.194. The molecule has 0 spiro atoms. The number of guanidine groups is 1. The summed E-state index contributed by atoms with van der Waals surface area (Å²) < 4.78 is 13.2. The molecule has 186 valence electrons. The molecule has 0 aliphatic carbocycles. The van der Waals surface area contributed by atoms with Gasteiger partial charge < -0.3 is 20.4 Å². The van der Waals surface area contributed by atoms with E-state index >= 15 is 0 Å². The summed E-state index contributed by atoms with van der Waals surface area (Å²) in [4.78, 5) is 32.5. The Labute approximate surface area is 214 Å². The number of carbonyl (C=O) groups is 2. The van der Waals surface area contributed by atoms with Crippen molar-refractivity contribution < 1.29 is 14.0 Å². The molecule has 33 heavy (non-hydrogen) atoms. The highest BCUT2D eigenvalue weighted by molar-refractivity contribution is 14.0. The number of benzene rings is 1. The molecule has 9 heteroatoms. The second-order valence-electron chi connectivity index (χ2n) is 8.65. The lowest BCUT2D eigenvalue weighted by molar-refractivity contribution is -0.140. The molecule has 1 heterocycles. The Morgan fingerprint density at radius 1 is 1.03 bits per heavy atom. The van der Waals surface area contributed by atoms with Crippen molar-refractivity contribution in [3.8, 4) is 0 Å². The molecule has 2 rings (SSSR count). The van der Waals surface area contributed by atoms with Crippen LogP contribution in [0.1, 0.15) is 51.5 Å². The largest absolute Gasteiger partial charge is 0.356 e. The van der Waals surface area contributed by atoms with Crippen molar-refractivity contribution in [2.75, 3.05) is 39.8 Å². The van der Waals surface area contributed by atoms with Crippen molar-refractivity contribution in [2.45, 2.75) is 52.5 Å². The van der Waals surface area contributed by atoms with Gasteiger partial charge in [0.05, 0.1) is 0 Å². The third-order valence-corrected chi connectivity index (χ3v) is 5.50. The predicted molar refractivity (Wildman–Crippen MR) is 141 cm³/mol. The van der Waals surface area contributed by atoms with Crippen molar-refractivity contribution >= 4 is 41.8 Å². The minimum Gasteiger partial charge on any atom is -0.356 e. The molecule has 1 saturated heterocycles. The summed E-state index contributed by atoms with van der Waals surface area (Å²) >= 11 is 0. The Balaban J connectivity index is 0.00000544. The second-order valence-corrected chi connectivity index (χ2v) is 8.65. The number of amides is 2. The first-order valence-corrected chi connectivity index (χ1v) is 11.6. The fourth-order valence-electron chi connectivity index (χ4n) is 3.68. The van der Waals surface area contributed by atoms with Gasteiger partial charge in [-0.3, -0.25) is 14.6 Å². The van der Waals surface area contributed by atoms with Gasteiger partial charge in [-0.1, -0.05) is 32.4 Å². The van der Waals surface area contributed by atoms with Crippen molar-refractivity contribution in [3.63, 3.8) is 0 Å². The van der Waals surface area contributed by atoms with E-state index in [0.29, 0.717) is 57.4 Å². The summed E-state index contributed by atoms with van der Waals surface area (Å²) in [6.07, 6.45) is 3.86. The van der Waals surface area contributed by atoms with Crippen LogP contribution in [0.4, 0.5) is 4.39 Å². The number of aliphatic imine (C=N–C) groups is 1. The first-order chi connectivity index (χ1) is 15.4. The lowest BCUT2D eigenvalue weighted by atomic mass is 10.1. The number of halogens is 2. The van der Waals surface area contributed by atoms with Crippen LogP contribution in [0.3, 0.4) is 0 Å². The summed E-state index contributed by atoms with van der Waals surface area (Å²) in [6, 6.07) is 6.48. The number of rotatable bonds is 10. The number of carbonyl (C=O) groups excluding carboxylic acids is 2. The lowest BCUT2D eigenvalue weighted by Crippen LogP contribution is -2.50. The van der Waals surface area contributed by atoms with Crippen LogP contribution >= 0.6 is 24.0 Å². The lowest BCUT2D eigenvalue weighted by Gasteiger charge is -2.35. The van der Waals surface area contributed by atoms with Crippen LogP contribution in [0.2, 0.25) is 0 Å². The number of hydrogen-bond acceptors (Lipinski definition) is 3. The van der Waals surface area contributed by atoms with Gasteiger partial charge in [0, 0.05) is 59.2 Å². The van der Waals surface area contributed by atoms with Gasteiger partial charge in [-0.2, -0.15) is 0 Å². The summed E-state index contributed by atoms with van der Waals surface area (Å²) in [5.41, 5.74) is 0.858. The van der Waals surface area contributed by atoms with Crippen LogP contribution in [0.25, 0.3) is 0 Å². The maximum absolute atomic E-state index is 13.2. The Kier molecular flexibility index (Phi) is 14.0. The molecule has 1 fully saturated rings. The van der Waals surface area contributed by atoms with E-state index in [9.17, 15) is 14.0 Å². The van der Waals surface area contributed by atoms with Gasteiger partial charge in [0.15, 0.2) is 5.96 Å². The van der Waals surface area contributed by atoms with Gasteiger partial charge in [-0.05, 0) is 36.5 Å². The van der Waals surface area contributed by atoms with E-state index < -0.39 is 0 Å². The van der Waals surface area contributed by atoms with Crippen molar-refractivity contribution in [2.24, 2.45) is 10.9 Å². The summed E-state index contributed by atoms with van der Waals surface area (Å²) in [5, 5.41) is 6.42. The van der Waals surface area contributed by atoms with E-state index in [1.165, 1.54) is 12.1 Å². The molecule has 1 aliphatic rings. The van der Waals surface area contributed by atoms with Gasteiger partial charge in [-0.15, -0.1) is 24.0 Å².